The summed E-state index contributed by atoms with van der Waals surface area (Å²) in [5.74, 6) is -0.734. The Labute approximate surface area is 129 Å². The van der Waals surface area contributed by atoms with Gasteiger partial charge in [0, 0.05) is 18.9 Å². The fourth-order valence-electron chi connectivity index (χ4n) is 2.04. The van der Waals surface area contributed by atoms with Crippen LogP contribution >= 0.6 is 11.3 Å². The lowest BCUT2D eigenvalue weighted by Crippen LogP contribution is -2.35. The van der Waals surface area contributed by atoms with Gasteiger partial charge in [-0.05, 0) is 11.4 Å². The first-order chi connectivity index (χ1) is 10.6. The van der Waals surface area contributed by atoms with Crippen molar-refractivity contribution in [1.82, 2.24) is 10.1 Å². The standard InChI is InChI=1S/C14H12N2O5S/c17-12-3-4-13(18)16(12)7-14(19)20-8-9-6-10(21-15-9)11-2-1-5-22-11/h1-2,5-6H,3-4,7-8H2. The van der Waals surface area contributed by atoms with Gasteiger partial charge in [-0.1, -0.05) is 11.2 Å². The Balaban J connectivity index is 1.53. The summed E-state index contributed by atoms with van der Waals surface area (Å²) in [5, 5.41) is 5.73. The zero-order valence-electron chi connectivity index (χ0n) is 11.5. The van der Waals surface area contributed by atoms with Crippen LogP contribution in [0.5, 0.6) is 0 Å². The van der Waals surface area contributed by atoms with Crippen LogP contribution in [0.2, 0.25) is 0 Å². The first-order valence-corrected chi connectivity index (χ1v) is 7.50. The van der Waals surface area contributed by atoms with Crippen LogP contribution in [0.1, 0.15) is 18.5 Å². The van der Waals surface area contributed by atoms with Crippen LogP contribution in [0.15, 0.2) is 28.1 Å². The zero-order valence-corrected chi connectivity index (χ0v) is 12.3. The molecule has 0 radical (unpaired) electrons. The maximum absolute atomic E-state index is 11.7. The van der Waals surface area contributed by atoms with Crippen molar-refractivity contribution in [3.63, 3.8) is 0 Å². The quantitative estimate of drug-likeness (QED) is 0.614. The van der Waals surface area contributed by atoms with Gasteiger partial charge in [0.15, 0.2) is 5.76 Å². The fourth-order valence-corrected chi connectivity index (χ4v) is 2.72. The number of esters is 1. The lowest BCUT2D eigenvalue weighted by Gasteiger charge is -2.12. The van der Waals surface area contributed by atoms with Crippen molar-refractivity contribution >= 4 is 29.1 Å². The average molecular weight is 320 g/mol. The number of likely N-dealkylation sites (tertiary alicyclic amines) is 1. The summed E-state index contributed by atoms with van der Waals surface area (Å²) in [6, 6.07) is 5.48. The third kappa shape index (κ3) is 3.06. The molecule has 0 saturated carbocycles. The monoisotopic (exact) mass is 320 g/mol. The number of amides is 2. The number of carbonyl (C=O) groups excluding carboxylic acids is 3. The van der Waals surface area contributed by atoms with Crippen molar-refractivity contribution in [3.05, 3.63) is 29.3 Å². The Morgan fingerprint density at radius 3 is 2.82 bits per heavy atom. The Morgan fingerprint density at radius 2 is 2.14 bits per heavy atom. The predicted octanol–water partition coefficient (Wildman–Crippen LogP) is 1.60. The van der Waals surface area contributed by atoms with Gasteiger partial charge in [0.25, 0.3) is 0 Å². The van der Waals surface area contributed by atoms with E-state index in [9.17, 15) is 14.4 Å². The van der Waals surface area contributed by atoms with Crippen molar-refractivity contribution in [3.8, 4) is 10.6 Å². The molecule has 0 spiro atoms. The van der Waals surface area contributed by atoms with Crippen molar-refractivity contribution in [2.75, 3.05) is 6.54 Å². The van der Waals surface area contributed by atoms with Gasteiger partial charge < -0.3 is 9.26 Å². The molecule has 1 aliphatic heterocycles. The third-order valence-electron chi connectivity index (χ3n) is 3.15. The Hall–Kier alpha value is -2.48. The summed E-state index contributed by atoms with van der Waals surface area (Å²) in [6.07, 6.45) is 0.305. The molecule has 1 aliphatic rings. The Bertz CT molecular complexity index is 691. The highest BCUT2D eigenvalue weighted by atomic mass is 32.1. The second kappa shape index (κ2) is 6.10. The smallest absolute Gasteiger partial charge is 0.326 e. The van der Waals surface area contributed by atoms with Crippen molar-refractivity contribution in [1.29, 1.82) is 0 Å². The van der Waals surface area contributed by atoms with Crippen LogP contribution in [0, 0.1) is 0 Å². The summed E-state index contributed by atoms with van der Waals surface area (Å²) >= 11 is 1.51. The molecule has 2 aromatic rings. The topological polar surface area (TPSA) is 89.7 Å². The van der Waals surface area contributed by atoms with E-state index in [2.05, 4.69) is 5.16 Å². The van der Waals surface area contributed by atoms with Crippen LogP contribution < -0.4 is 0 Å². The predicted molar refractivity (Wildman–Crippen MR) is 75.6 cm³/mol. The van der Waals surface area contributed by atoms with E-state index in [1.807, 2.05) is 17.5 Å². The number of rotatable bonds is 5. The van der Waals surface area contributed by atoms with Crippen LogP contribution in [0.4, 0.5) is 0 Å². The van der Waals surface area contributed by atoms with Crippen LogP contribution in [0.3, 0.4) is 0 Å². The number of hydrogen-bond donors (Lipinski definition) is 0. The van der Waals surface area contributed by atoms with Crippen LogP contribution in [0.25, 0.3) is 10.6 Å². The lowest BCUT2D eigenvalue weighted by molar-refractivity contribution is -0.153. The van der Waals surface area contributed by atoms with Gasteiger partial charge in [0.1, 0.15) is 18.8 Å². The van der Waals surface area contributed by atoms with Crippen molar-refractivity contribution in [2.24, 2.45) is 0 Å². The maximum Gasteiger partial charge on any atom is 0.326 e. The molecule has 2 aromatic heterocycles. The molecule has 2 amide bonds. The molecule has 7 nitrogen and oxygen atoms in total. The minimum atomic E-state index is -0.649. The third-order valence-corrected chi connectivity index (χ3v) is 4.03. The Morgan fingerprint density at radius 1 is 1.36 bits per heavy atom. The van der Waals surface area contributed by atoms with Crippen LogP contribution in [-0.4, -0.2) is 34.4 Å². The lowest BCUT2D eigenvalue weighted by atomic mass is 10.3. The van der Waals surface area contributed by atoms with E-state index < -0.39 is 5.97 Å². The molecule has 1 saturated heterocycles. The second-order valence-corrected chi connectivity index (χ2v) is 5.64. The minimum absolute atomic E-state index is 0.0655. The summed E-state index contributed by atoms with van der Waals surface area (Å²) in [4.78, 5) is 36.3. The van der Waals surface area contributed by atoms with Crippen LogP contribution in [-0.2, 0) is 25.7 Å². The van der Waals surface area contributed by atoms with E-state index in [4.69, 9.17) is 9.26 Å². The van der Waals surface area contributed by atoms with Gasteiger partial charge in [0.05, 0.1) is 4.88 Å². The molecule has 3 heterocycles. The number of thiophene rings is 1. The van der Waals surface area contributed by atoms with Gasteiger partial charge in [0.2, 0.25) is 11.8 Å². The van der Waals surface area contributed by atoms with E-state index >= 15 is 0 Å². The summed E-state index contributed by atoms with van der Waals surface area (Å²) in [6.45, 7) is -0.419. The largest absolute Gasteiger partial charge is 0.458 e. The Kier molecular flexibility index (Phi) is 4.01. The number of ether oxygens (including phenoxy) is 1. The van der Waals surface area contributed by atoms with E-state index in [1.54, 1.807) is 6.07 Å². The highest BCUT2D eigenvalue weighted by molar-refractivity contribution is 7.13. The summed E-state index contributed by atoms with van der Waals surface area (Å²) in [7, 11) is 0. The molecule has 8 heteroatoms. The summed E-state index contributed by atoms with van der Waals surface area (Å²) < 4.78 is 10.2. The highest BCUT2D eigenvalue weighted by Crippen LogP contribution is 2.25. The molecule has 114 valence electrons. The zero-order chi connectivity index (χ0) is 15.5. The first-order valence-electron chi connectivity index (χ1n) is 6.62. The molecular formula is C14H12N2O5S. The molecule has 1 fully saturated rings. The van der Waals surface area contributed by atoms with E-state index in [1.165, 1.54) is 11.3 Å². The SMILES string of the molecule is O=C(CN1C(=O)CCC1=O)OCc1cc(-c2cccs2)on1. The number of nitrogens with zero attached hydrogens (tertiary/aromatic N) is 2. The molecule has 0 atom stereocenters. The fraction of sp³-hybridized carbons (Fsp3) is 0.286. The number of aromatic nitrogens is 1. The van der Waals surface area contributed by atoms with E-state index in [0.29, 0.717) is 11.5 Å². The minimum Gasteiger partial charge on any atom is -0.458 e. The number of hydrogen-bond acceptors (Lipinski definition) is 7. The highest BCUT2D eigenvalue weighted by Gasteiger charge is 2.30. The molecule has 0 N–H and O–H groups in total. The van der Waals surface area contributed by atoms with Gasteiger partial charge >= 0.3 is 5.97 Å². The van der Waals surface area contributed by atoms with Gasteiger partial charge in [-0.15, -0.1) is 11.3 Å². The molecular weight excluding hydrogens is 308 g/mol. The maximum atomic E-state index is 11.7. The van der Waals surface area contributed by atoms with E-state index in [0.717, 1.165) is 9.78 Å². The second-order valence-electron chi connectivity index (χ2n) is 4.69. The van der Waals surface area contributed by atoms with Gasteiger partial charge in [-0.2, -0.15) is 0 Å². The summed E-state index contributed by atoms with van der Waals surface area (Å²) in [5.41, 5.74) is 0.468. The molecule has 0 bridgehead atoms. The number of carbonyl (C=O) groups is 3. The van der Waals surface area contributed by atoms with Gasteiger partial charge in [-0.25, -0.2) is 0 Å². The molecule has 22 heavy (non-hydrogen) atoms. The number of imide groups is 1. The first kappa shape index (κ1) is 14.5. The van der Waals surface area contributed by atoms with Gasteiger partial charge in [-0.3, -0.25) is 19.3 Å². The molecule has 0 aliphatic carbocycles. The average Bonchev–Trinajstić information content (AvgIpc) is 3.22. The normalized spacial score (nSPS) is 14.6. The molecule has 0 aromatic carbocycles. The van der Waals surface area contributed by atoms with Crippen molar-refractivity contribution < 1.29 is 23.6 Å². The molecule has 3 rings (SSSR count). The van der Waals surface area contributed by atoms with Crippen molar-refractivity contribution in [2.45, 2.75) is 19.4 Å². The molecule has 0 unspecified atom stereocenters. The van der Waals surface area contributed by atoms with E-state index in [-0.39, 0.29) is 37.8 Å².